The number of hydrogen-bond acceptors (Lipinski definition) is 6. The zero-order valence-corrected chi connectivity index (χ0v) is 18.9. The van der Waals surface area contributed by atoms with Gasteiger partial charge in [-0.25, -0.2) is 4.98 Å². The number of carbonyl (C=O) groups excluding carboxylic acids is 1. The molecule has 1 aliphatic rings. The average Bonchev–Trinajstić information content (AvgIpc) is 3.48. The first-order valence-electron chi connectivity index (χ1n) is 11.2. The first kappa shape index (κ1) is 21.1. The Hall–Kier alpha value is -3.81. The van der Waals surface area contributed by atoms with Crippen LogP contribution in [0, 0.1) is 13.8 Å². The van der Waals surface area contributed by atoms with E-state index in [-0.39, 0.29) is 17.5 Å². The van der Waals surface area contributed by atoms with Crippen LogP contribution in [0.2, 0.25) is 0 Å². The van der Waals surface area contributed by atoms with E-state index in [1.165, 1.54) is 6.92 Å². The minimum absolute atomic E-state index is 0.0153. The van der Waals surface area contributed by atoms with Crippen LogP contribution in [-0.4, -0.2) is 25.6 Å². The lowest BCUT2D eigenvalue weighted by atomic mass is 10.1. The maximum Gasteiger partial charge on any atom is 0.272 e. The molecule has 33 heavy (non-hydrogen) atoms. The fourth-order valence-corrected chi connectivity index (χ4v) is 4.64. The second kappa shape index (κ2) is 8.27. The summed E-state index contributed by atoms with van der Waals surface area (Å²) in [7, 11) is 0. The van der Waals surface area contributed by atoms with Gasteiger partial charge in [0.2, 0.25) is 11.7 Å². The normalized spacial score (nSPS) is 14.2. The lowest BCUT2D eigenvalue weighted by Crippen LogP contribution is -2.26. The highest BCUT2D eigenvalue weighted by atomic mass is 16.5. The van der Waals surface area contributed by atoms with Crippen LogP contribution in [0.15, 0.2) is 45.7 Å². The Kier molecular flexibility index (Phi) is 5.28. The second-order valence-corrected chi connectivity index (χ2v) is 8.60. The van der Waals surface area contributed by atoms with Gasteiger partial charge in [0.05, 0.1) is 11.0 Å². The summed E-state index contributed by atoms with van der Waals surface area (Å²) < 4.78 is 7.47. The molecule has 1 amide bonds. The van der Waals surface area contributed by atoms with Crippen LogP contribution in [0.5, 0.6) is 0 Å². The predicted octanol–water partition coefficient (Wildman–Crippen LogP) is 4.80. The monoisotopic (exact) mass is 443 g/mol. The molecular weight excluding hydrogens is 418 g/mol. The third kappa shape index (κ3) is 3.82. The highest BCUT2D eigenvalue weighted by Gasteiger charge is 2.22. The van der Waals surface area contributed by atoms with Crippen molar-refractivity contribution in [3.05, 3.63) is 58.0 Å². The van der Waals surface area contributed by atoms with E-state index in [1.54, 1.807) is 6.92 Å². The van der Waals surface area contributed by atoms with E-state index in [1.807, 2.05) is 47.9 Å². The molecule has 2 heterocycles. The van der Waals surface area contributed by atoms with Gasteiger partial charge in [0.15, 0.2) is 0 Å². The van der Waals surface area contributed by atoms with Gasteiger partial charge in [0.25, 0.3) is 11.4 Å². The molecule has 1 saturated carbocycles. The van der Waals surface area contributed by atoms with Gasteiger partial charge in [-0.15, -0.1) is 0 Å². The van der Waals surface area contributed by atoms with Gasteiger partial charge >= 0.3 is 0 Å². The SMILES string of the molecule is CC(=O)Nc1cccc(-c2nc(-c3ccc4c(c3)nc(C)c(=O)n4C3CCCC3)no2)c1C. The highest BCUT2D eigenvalue weighted by Crippen LogP contribution is 2.32. The molecule has 2 aromatic carbocycles. The van der Waals surface area contributed by atoms with E-state index in [4.69, 9.17) is 4.52 Å². The van der Waals surface area contributed by atoms with Crippen molar-refractivity contribution in [3.8, 4) is 22.8 Å². The molecule has 0 unspecified atom stereocenters. The van der Waals surface area contributed by atoms with Crippen LogP contribution < -0.4 is 10.9 Å². The summed E-state index contributed by atoms with van der Waals surface area (Å²) >= 11 is 0. The molecule has 8 heteroatoms. The second-order valence-electron chi connectivity index (χ2n) is 8.60. The summed E-state index contributed by atoms with van der Waals surface area (Å²) in [6.45, 7) is 5.13. The molecule has 168 valence electrons. The highest BCUT2D eigenvalue weighted by molar-refractivity contribution is 5.90. The number of anilines is 1. The van der Waals surface area contributed by atoms with Crippen LogP contribution in [0.1, 0.15) is 49.9 Å². The molecule has 0 aliphatic heterocycles. The first-order chi connectivity index (χ1) is 15.9. The Bertz CT molecular complexity index is 1430. The number of rotatable bonds is 4. The molecule has 0 bridgehead atoms. The van der Waals surface area contributed by atoms with Gasteiger partial charge < -0.3 is 14.4 Å². The van der Waals surface area contributed by atoms with Crippen LogP contribution in [0.3, 0.4) is 0 Å². The molecule has 0 spiro atoms. The number of fused-ring (bicyclic) bond motifs is 1. The minimum Gasteiger partial charge on any atom is -0.334 e. The molecule has 1 fully saturated rings. The maximum atomic E-state index is 12.8. The van der Waals surface area contributed by atoms with Crippen LogP contribution in [0.25, 0.3) is 33.9 Å². The molecule has 1 aliphatic carbocycles. The zero-order chi connectivity index (χ0) is 23.1. The molecule has 1 N–H and O–H groups in total. The van der Waals surface area contributed by atoms with Crippen LogP contribution in [0.4, 0.5) is 5.69 Å². The van der Waals surface area contributed by atoms with Crippen LogP contribution in [-0.2, 0) is 4.79 Å². The third-order valence-corrected chi connectivity index (χ3v) is 6.30. The van der Waals surface area contributed by atoms with E-state index in [0.717, 1.165) is 53.4 Å². The van der Waals surface area contributed by atoms with Crippen molar-refractivity contribution in [2.24, 2.45) is 0 Å². The lowest BCUT2D eigenvalue weighted by Gasteiger charge is -2.17. The van der Waals surface area contributed by atoms with E-state index in [2.05, 4.69) is 20.4 Å². The molecule has 0 radical (unpaired) electrons. The number of hydrogen-bond donors (Lipinski definition) is 1. The van der Waals surface area contributed by atoms with Gasteiger partial charge in [-0.05, 0) is 62.6 Å². The summed E-state index contributed by atoms with van der Waals surface area (Å²) in [6.07, 6.45) is 4.33. The fraction of sp³-hybridized carbons (Fsp3) is 0.320. The summed E-state index contributed by atoms with van der Waals surface area (Å²) in [5.41, 5.74) is 5.12. The minimum atomic E-state index is -0.142. The number of nitrogens with one attached hydrogen (secondary N) is 1. The van der Waals surface area contributed by atoms with Gasteiger partial charge in [-0.3, -0.25) is 9.59 Å². The zero-order valence-electron chi connectivity index (χ0n) is 18.9. The topological polar surface area (TPSA) is 103 Å². The quantitative estimate of drug-likeness (QED) is 0.486. The largest absolute Gasteiger partial charge is 0.334 e. The van der Waals surface area contributed by atoms with Gasteiger partial charge in [-0.1, -0.05) is 24.1 Å². The van der Waals surface area contributed by atoms with Gasteiger partial charge in [0.1, 0.15) is 5.69 Å². The molecular formula is C25H25N5O3. The molecule has 0 atom stereocenters. The summed E-state index contributed by atoms with van der Waals surface area (Å²) in [6, 6.07) is 11.5. The van der Waals surface area contributed by atoms with Crippen molar-refractivity contribution < 1.29 is 9.32 Å². The van der Waals surface area contributed by atoms with Crippen molar-refractivity contribution in [2.45, 2.75) is 52.5 Å². The Balaban J connectivity index is 1.55. The first-order valence-corrected chi connectivity index (χ1v) is 11.2. The number of benzene rings is 2. The fourth-order valence-electron chi connectivity index (χ4n) is 4.64. The molecule has 5 rings (SSSR count). The van der Waals surface area contributed by atoms with Gasteiger partial charge in [-0.2, -0.15) is 4.98 Å². The third-order valence-electron chi connectivity index (χ3n) is 6.30. The Morgan fingerprint density at radius 2 is 1.91 bits per heavy atom. The predicted molar refractivity (Wildman–Crippen MR) is 126 cm³/mol. The number of amides is 1. The number of carbonyl (C=O) groups is 1. The van der Waals surface area contributed by atoms with Crippen molar-refractivity contribution in [1.29, 1.82) is 0 Å². The standard InChI is InChI=1S/C25H25N5O3/c1-14-19(9-6-10-20(14)27-16(3)31)24-28-23(29-33-24)17-11-12-22-21(13-17)26-15(2)25(32)30(22)18-7-4-5-8-18/h6,9-13,18H,4-5,7-8H2,1-3H3,(H,27,31). The Morgan fingerprint density at radius 3 is 2.67 bits per heavy atom. The van der Waals surface area contributed by atoms with Crippen molar-refractivity contribution in [2.75, 3.05) is 5.32 Å². The Morgan fingerprint density at radius 1 is 1.12 bits per heavy atom. The summed E-state index contributed by atoms with van der Waals surface area (Å²) in [5, 5.41) is 6.99. The maximum absolute atomic E-state index is 12.8. The molecule has 8 nitrogen and oxygen atoms in total. The number of aryl methyl sites for hydroxylation is 1. The summed E-state index contributed by atoms with van der Waals surface area (Å²) in [5.74, 6) is 0.667. The molecule has 0 saturated heterocycles. The van der Waals surface area contributed by atoms with Gasteiger partial charge in [0, 0.05) is 29.8 Å². The van der Waals surface area contributed by atoms with Crippen molar-refractivity contribution in [3.63, 3.8) is 0 Å². The van der Waals surface area contributed by atoms with E-state index < -0.39 is 0 Å². The van der Waals surface area contributed by atoms with Crippen LogP contribution >= 0.6 is 0 Å². The summed E-state index contributed by atoms with van der Waals surface area (Å²) in [4.78, 5) is 33.5. The molecule has 2 aromatic heterocycles. The number of nitrogens with zero attached hydrogens (tertiary/aromatic N) is 4. The van der Waals surface area contributed by atoms with Crippen molar-refractivity contribution >= 4 is 22.6 Å². The number of aromatic nitrogens is 4. The Labute approximate surface area is 190 Å². The van der Waals surface area contributed by atoms with Crippen molar-refractivity contribution in [1.82, 2.24) is 19.7 Å². The molecule has 4 aromatic rings. The van der Waals surface area contributed by atoms with E-state index in [9.17, 15) is 9.59 Å². The van der Waals surface area contributed by atoms with E-state index in [0.29, 0.717) is 23.1 Å². The lowest BCUT2D eigenvalue weighted by molar-refractivity contribution is -0.114. The smallest absolute Gasteiger partial charge is 0.272 e. The average molecular weight is 444 g/mol. The van der Waals surface area contributed by atoms with E-state index >= 15 is 0 Å².